The Labute approximate surface area is 156 Å². The monoisotopic (exact) mass is 368 g/mol. The fraction of sp³-hybridized carbons (Fsp3) is 0.250. The zero-order chi connectivity index (χ0) is 19.6. The van der Waals surface area contributed by atoms with Gasteiger partial charge >= 0.3 is 5.97 Å². The maximum Gasteiger partial charge on any atom is 0.337 e. The Morgan fingerprint density at radius 1 is 1.19 bits per heavy atom. The summed E-state index contributed by atoms with van der Waals surface area (Å²) in [4.78, 5) is 38.0. The van der Waals surface area contributed by atoms with E-state index in [0.29, 0.717) is 22.7 Å². The molecule has 2 amide bonds. The van der Waals surface area contributed by atoms with Crippen LogP contribution in [0.2, 0.25) is 0 Å². The van der Waals surface area contributed by atoms with Crippen molar-refractivity contribution in [3.05, 3.63) is 53.6 Å². The molecule has 7 nitrogen and oxygen atoms in total. The highest BCUT2D eigenvalue weighted by Crippen LogP contribution is 2.33. The zero-order valence-corrected chi connectivity index (χ0v) is 15.3. The topological polar surface area (TPSA) is 84.9 Å². The standard InChI is InChI=1S/C20H20N2O5/c1-12-8-9-14(20(25)26-3)10-15(12)21-19(24)18-11-22(13(2)23)16-6-4-5-7-17(16)27-18/h4-10,18H,11H2,1-3H3,(H,21,24). The molecule has 1 N–H and O–H groups in total. The number of hydrogen-bond acceptors (Lipinski definition) is 5. The maximum absolute atomic E-state index is 12.8. The maximum atomic E-state index is 12.8. The van der Waals surface area contributed by atoms with Gasteiger partial charge in [0.15, 0.2) is 6.10 Å². The molecular formula is C20H20N2O5. The third-order valence-electron chi connectivity index (χ3n) is 4.36. The van der Waals surface area contributed by atoms with E-state index in [2.05, 4.69) is 5.32 Å². The fourth-order valence-corrected chi connectivity index (χ4v) is 2.88. The van der Waals surface area contributed by atoms with Gasteiger partial charge in [0.1, 0.15) is 5.75 Å². The summed E-state index contributed by atoms with van der Waals surface area (Å²) in [6.45, 7) is 3.37. The van der Waals surface area contributed by atoms with Gasteiger partial charge in [-0.25, -0.2) is 4.79 Å². The normalized spacial score (nSPS) is 15.4. The van der Waals surface area contributed by atoms with E-state index in [4.69, 9.17) is 9.47 Å². The molecule has 0 fully saturated rings. The van der Waals surface area contributed by atoms with Crippen LogP contribution in [0.1, 0.15) is 22.8 Å². The molecule has 140 valence electrons. The number of anilines is 2. The van der Waals surface area contributed by atoms with E-state index in [-0.39, 0.29) is 12.5 Å². The van der Waals surface area contributed by atoms with Crippen molar-refractivity contribution in [1.82, 2.24) is 0 Å². The predicted octanol–water partition coefficient (Wildman–Crippen LogP) is 2.53. The minimum absolute atomic E-state index is 0.105. The summed E-state index contributed by atoms with van der Waals surface area (Å²) in [5.41, 5.74) is 2.24. The van der Waals surface area contributed by atoms with Gasteiger partial charge in [0.2, 0.25) is 5.91 Å². The largest absolute Gasteiger partial charge is 0.476 e. The summed E-state index contributed by atoms with van der Waals surface area (Å²) in [6, 6.07) is 12.0. The van der Waals surface area contributed by atoms with Crippen molar-refractivity contribution in [3.63, 3.8) is 0 Å². The van der Waals surface area contributed by atoms with Crippen molar-refractivity contribution in [2.45, 2.75) is 20.0 Å². The van der Waals surface area contributed by atoms with Gasteiger partial charge in [0.25, 0.3) is 5.91 Å². The number of rotatable bonds is 3. The Balaban J connectivity index is 1.83. The average molecular weight is 368 g/mol. The van der Waals surface area contributed by atoms with Crippen molar-refractivity contribution in [2.75, 3.05) is 23.9 Å². The molecule has 1 aliphatic heterocycles. The van der Waals surface area contributed by atoms with Crippen molar-refractivity contribution in [1.29, 1.82) is 0 Å². The van der Waals surface area contributed by atoms with Crippen LogP contribution in [0.25, 0.3) is 0 Å². The first-order valence-corrected chi connectivity index (χ1v) is 8.44. The first kappa shape index (κ1) is 18.4. The molecule has 1 aliphatic rings. The van der Waals surface area contributed by atoms with E-state index in [9.17, 15) is 14.4 Å². The van der Waals surface area contributed by atoms with E-state index in [1.54, 1.807) is 42.5 Å². The molecule has 1 heterocycles. The highest BCUT2D eigenvalue weighted by molar-refractivity contribution is 6.00. The lowest BCUT2D eigenvalue weighted by Gasteiger charge is -2.33. The Morgan fingerprint density at radius 3 is 2.63 bits per heavy atom. The number of fused-ring (bicyclic) bond motifs is 1. The highest BCUT2D eigenvalue weighted by atomic mass is 16.5. The molecule has 27 heavy (non-hydrogen) atoms. The number of nitrogens with one attached hydrogen (secondary N) is 1. The number of amides is 2. The van der Waals surface area contributed by atoms with E-state index in [1.165, 1.54) is 18.9 Å². The fourth-order valence-electron chi connectivity index (χ4n) is 2.88. The lowest BCUT2D eigenvalue weighted by atomic mass is 10.1. The van der Waals surface area contributed by atoms with Crippen LogP contribution in [0.5, 0.6) is 5.75 Å². The molecule has 7 heteroatoms. The number of carbonyl (C=O) groups is 3. The molecule has 3 rings (SSSR count). The molecule has 0 spiro atoms. The lowest BCUT2D eigenvalue weighted by molar-refractivity contribution is -0.123. The van der Waals surface area contributed by atoms with E-state index in [1.807, 2.05) is 6.92 Å². The number of ether oxygens (including phenoxy) is 2. The first-order valence-electron chi connectivity index (χ1n) is 8.44. The van der Waals surface area contributed by atoms with E-state index < -0.39 is 18.0 Å². The molecule has 1 atom stereocenters. The molecule has 2 aromatic rings. The molecule has 0 saturated carbocycles. The molecule has 0 saturated heterocycles. The second kappa shape index (κ2) is 7.49. The van der Waals surface area contributed by atoms with Crippen LogP contribution in [0.3, 0.4) is 0 Å². The summed E-state index contributed by atoms with van der Waals surface area (Å²) in [5.74, 6) is -0.594. The van der Waals surface area contributed by atoms with Crippen LogP contribution in [-0.2, 0) is 14.3 Å². The minimum atomic E-state index is -0.870. The summed E-state index contributed by atoms with van der Waals surface area (Å²) >= 11 is 0. The SMILES string of the molecule is COC(=O)c1ccc(C)c(NC(=O)C2CN(C(C)=O)c3ccccc3O2)c1. The second-order valence-electron chi connectivity index (χ2n) is 6.21. The Bertz CT molecular complexity index is 909. The predicted molar refractivity (Wildman–Crippen MR) is 100 cm³/mol. The van der Waals surface area contributed by atoms with Gasteiger partial charge in [-0.1, -0.05) is 18.2 Å². The molecular weight excluding hydrogens is 348 g/mol. The lowest BCUT2D eigenvalue weighted by Crippen LogP contribution is -2.48. The first-order chi connectivity index (χ1) is 12.9. The Morgan fingerprint density at radius 2 is 1.93 bits per heavy atom. The van der Waals surface area contributed by atoms with Crippen LogP contribution >= 0.6 is 0 Å². The van der Waals surface area contributed by atoms with Gasteiger partial charge in [-0.05, 0) is 36.8 Å². The number of esters is 1. The van der Waals surface area contributed by atoms with Gasteiger partial charge in [0.05, 0.1) is 24.9 Å². The number of hydrogen-bond donors (Lipinski definition) is 1. The molecule has 2 aromatic carbocycles. The van der Waals surface area contributed by atoms with Crippen molar-refractivity contribution in [2.24, 2.45) is 0 Å². The smallest absolute Gasteiger partial charge is 0.337 e. The summed E-state index contributed by atoms with van der Waals surface area (Å²) < 4.78 is 10.5. The molecule has 0 bridgehead atoms. The summed E-state index contributed by atoms with van der Waals surface area (Å²) in [5, 5.41) is 2.78. The molecule has 1 unspecified atom stereocenters. The molecule has 0 aromatic heterocycles. The number of methoxy groups -OCH3 is 1. The van der Waals surface area contributed by atoms with Gasteiger partial charge < -0.3 is 19.7 Å². The number of carbonyl (C=O) groups excluding carboxylic acids is 3. The van der Waals surface area contributed by atoms with Gasteiger partial charge in [-0.3, -0.25) is 9.59 Å². The third-order valence-corrected chi connectivity index (χ3v) is 4.36. The number of nitrogens with zero attached hydrogens (tertiary/aromatic N) is 1. The van der Waals surface area contributed by atoms with Crippen molar-refractivity contribution in [3.8, 4) is 5.75 Å². The quantitative estimate of drug-likeness (QED) is 0.842. The van der Waals surface area contributed by atoms with Crippen LogP contribution < -0.4 is 15.0 Å². The van der Waals surface area contributed by atoms with E-state index >= 15 is 0 Å². The average Bonchev–Trinajstić information content (AvgIpc) is 2.67. The van der Waals surface area contributed by atoms with Crippen LogP contribution in [0, 0.1) is 6.92 Å². The van der Waals surface area contributed by atoms with Gasteiger partial charge in [-0.2, -0.15) is 0 Å². The Hall–Kier alpha value is -3.35. The third kappa shape index (κ3) is 3.76. The number of para-hydroxylation sites is 2. The number of benzene rings is 2. The van der Waals surface area contributed by atoms with Crippen LogP contribution in [-0.4, -0.2) is 37.5 Å². The summed E-state index contributed by atoms with van der Waals surface area (Å²) in [6.07, 6.45) is -0.870. The summed E-state index contributed by atoms with van der Waals surface area (Å²) in [7, 11) is 1.30. The minimum Gasteiger partial charge on any atom is -0.476 e. The van der Waals surface area contributed by atoms with Gasteiger partial charge in [0, 0.05) is 12.6 Å². The molecule has 0 radical (unpaired) electrons. The van der Waals surface area contributed by atoms with Crippen LogP contribution in [0.4, 0.5) is 11.4 Å². The van der Waals surface area contributed by atoms with Crippen molar-refractivity contribution < 1.29 is 23.9 Å². The van der Waals surface area contributed by atoms with Crippen molar-refractivity contribution >= 4 is 29.2 Å². The van der Waals surface area contributed by atoms with E-state index in [0.717, 1.165) is 5.56 Å². The zero-order valence-electron chi connectivity index (χ0n) is 15.3. The molecule has 0 aliphatic carbocycles. The Kier molecular flexibility index (Phi) is 5.12. The van der Waals surface area contributed by atoms with Crippen LogP contribution in [0.15, 0.2) is 42.5 Å². The second-order valence-corrected chi connectivity index (χ2v) is 6.21. The van der Waals surface area contributed by atoms with Gasteiger partial charge in [-0.15, -0.1) is 0 Å². The number of aryl methyl sites for hydroxylation is 1. The highest BCUT2D eigenvalue weighted by Gasteiger charge is 2.32.